The van der Waals surface area contributed by atoms with E-state index in [0.717, 1.165) is 37.6 Å². The summed E-state index contributed by atoms with van der Waals surface area (Å²) in [5, 5.41) is 0. The van der Waals surface area contributed by atoms with Gasteiger partial charge in [-0.15, -0.1) is 0 Å². The van der Waals surface area contributed by atoms with Crippen molar-refractivity contribution in [3.05, 3.63) is 29.6 Å². The molecule has 1 aromatic rings. The summed E-state index contributed by atoms with van der Waals surface area (Å²) in [4.78, 5) is 17.9. The van der Waals surface area contributed by atoms with Gasteiger partial charge in [-0.1, -0.05) is 13.3 Å². The van der Waals surface area contributed by atoms with Crippen LogP contribution >= 0.6 is 0 Å². The van der Waals surface area contributed by atoms with E-state index in [0.29, 0.717) is 17.5 Å². The molecule has 2 rings (SSSR count). The van der Waals surface area contributed by atoms with Gasteiger partial charge in [0.05, 0.1) is 5.69 Å². The summed E-state index contributed by atoms with van der Waals surface area (Å²) in [5.41, 5.74) is 0.865. The number of nitrogens with zero attached hydrogens (tertiary/aromatic N) is 2. The van der Waals surface area contributed by atoms with Crippen LogP contribution in [-0.2, 0) is 0 Å². The lowest BCUT2D eigenvalue weighted by Crippen LogP contribution is -2.28. The highest BCUT2D eigenvalue weighted by Gasteiger charge is 2.24. The van der Waals surface area contributed by atoms with Crippen molar-refractivity contribution in [3.63, 3.8) is 0 Å². The van der Waals surface area contributed by atoms with E-state index in [-0.39, 0.29) is 0 Å². The van der Waals surface area contributed by atoms with Crippen LogP contribution < -0.4 is 0 Å². The van der Waals surface area contributed by atoms with Crippen molar-refractivity contribution in [2.24, 2.45) is 10.9 Å². The Labute approximate surface area is 125 Å². The molecule has 21 heavy (non-hydrogen) atoms. The van der Waals surface area contributed by atoms with Crippen LogP contribution in [0.4, 0.5) is 10.1 Å². The van der Waals surface area contributed by atoms with Crippen LogP contribution in [-0.4, -0.2) is 30.6 Å². The molecule has 1 aliphatic carbocycles. The second kappa shape index (κ2) is 7.34. The van der Waals surface area contributed by atoms with Crippen LogP contribution in [0.3, 0.4) is 0 Å². The lowest BCUT2D eigenvalue weighted by molar-refractivity contribution is 0.112. The minimum Gasteiger partial charge on any atom is -0.363 e. The van der Waals surface area contributed by atoms with Crippen LogP contribution in [0.1, 0.15) is 49.4 Å². The molecule has 1 aromatic carbocycles. The Kier molecular flexibility index (Phi) is 5.48. The molecule has 0 heterocycles. The topological polar surface area (TPSA) is 32.7 Å². The van der Waals surface area contributed by atoms with Gasteiger partial charge in [-0.2, -0.15) is 0 Å². The predicted octanol–water partition coefficient (Wildman–Crippen LogP) is 4.20. The predicted molar refractivity (Wildman–Crippen MR) is 83.8 cm³/mol. The van der Waals surface area contributed by atoms with Gasteiger partial charge in [0.15, 0.2) is 6.29 Å². The number of aldehydes is 1. The van der Waals surface area contributed by atoms with Gasteiger partial charge in [0.1, 0.15) is 11.7 Å². The maximum Gasteiger partial charge on any atom is 0.152 e. The third kappa shape index (κ3) is 4.66. The molecular weight excluding hydrogens is 267 g/mol. The van der Waals surface area contributed by atoms with Crippen molar-refractivity contribution >= 4 is 17.8 Å². The SMILES string of the molecule is CCCCC(=Nc1ccc(F)cc1C=O)N(C)CC1CC1. The summed E-state index contributed by atoms with van der Waals surface area (Å²) < 4.78 is 13.2. The van der Waals surface area contributed by atoms with Crippen LogP contribution in [0, 0.1) is 11.7 Å². The molecule has 0 bridgehead atoms. The highest BCUT2D eigenvalue weighted by Crippen LogP contribution is 2.30. The van der Waals surface area contributed by atoms with Crippen LogP contribution in [0.5, 0.6) is 0 Å². The molecule has 0 amide bonds. The summed E-state index contributed by atoms with van der Waals surface area (Å²) in [7, 11) is 2.05. The highest BCUT2D eigenvalue weighted by atomic mass is 19.1. The van der Waals surface area contributed by atoms with Crippen molar-refractivity contribution in [2.75, 3.05) is 13.6 Å². The quantitative estimate of drug-likeness (QED) is 0.428. The molecule has 1 saturated carbocycles. The molecule has 1 fully saturated rings. The van der Waals surface area contributed by atoms with Gasteiger partial charge in [0.2, 0.25) is 0 Å². The molecule has 0 spiro atoms. The number of carbonyl (C=O) groups is 1. The Morgan fingerprint density at radius 2 is 2.24 bits per heavy atom. The molecule has 0 saturated heterocycles. The zero-order valence-corrected chi connectivity index (χ0v) is 12.8. The van der Waals surface area contributed by atoms with E-state index in [1.54, 1.807) is 6.07 Å². The van der Waals surface area contributed by atoms with E-state index >= 15 is 0 Å². The first-order valence-electron chi connectivity index (χ1n) is 7.67. The molecule has 0 unspecified atom stereocenters. The minimum absolute atomic E-state index is 0.309. The summed E-state index contributed by atoms with van der Waals surface area (Å²) >= 11 is 0. The summed E-state index contributed by atoms with van der Waals surface area (Å²) in [5.74, 6) is 1.36. The van der Waals surface area contributed by atoms with E-state index in [9.17, 15) is 9.18 Å². The standard InChI is InChI=1S/C17H23FN2O/c1-3-4-5-17(20(2)11-13-6-7-13)19-16-9-8-15(18)10-14(16)12-21/h8-10,12-13H,3-7,11H2,1-2H3. The number of hydrogen-bond acceptors (Lipinski definition) is 2. The fraction of sp³-hybridized carbons (Fsp3) is 0.529. The molecule has 1 aliphatic rings. The zero-order valence-electron chi connectivity index (χ0n) is 12.8. The normalized spacial score (nSPS) is 15.1. The smallest absolute Gasteiger partial charge is 0.152 e. The van der Waals surface area contributed by atoms with E-state index in [1.165, 1.54) is 25.0 Å². The molecule has 0 N–H and O–H groups in total. The molecule has 0 aromatic heterocycles. The Hall–Kier alpha value is -1.71. The molecular formula is C17H23FN2O. The van der Waals surface area contributed by atoms with Crippen LogP contribution in [0.2, 0.25) is 0 Å². The maximum atomic E-state index is 13.2. The van der Waals surface area contributed by atoms with Crippen molar-refractivity contribution < 1.29 is 9.18 Å². The lowest BCUT2D eigenvalue weighted by atomic mass is 10.2. The lowest BCUT2D eigenvalue weighted by Gasteiger charge is -2.21. The van der Waals surface area contributed by atoms with Gasteiger partial charge < -0.3 is 4.90 Å². The van der Waals surface area contributed by atoms with Crippen LogP contribution in [0.25, 0.3) is 0 Å². The number of amidine groups is 1. The molecule has 0 radical (unpaired) electrons. The number of carbonyl (C=O) groups excluding carboxylic acids is 1. The van der Waals surface area contributed by atoms with Gasteiger partial charge in [-0.05, 0) is 43.4 Å². The molecule has 0 aliphatic heterocycles. The van der Waals surface area contributed by atoms with Gasteiger partial charge in [-0.3, -0.25) is 4.79 Å². The average Bonchev–Trinajstić information content (AvgIpc) is 3.28. The van der Waals surface area contributed by atoms with Gasteiger partial charge in [0.25, 0.3) is 0 Å². The van der Waals surface area contributed by atoms with Crippen molar-refractivity contribution in [1.29, 1.82) is 0 Å². The van der Waals surface area contributed by atoms with E-state index in [2.05, 4.69) is 23.9 Å². The summed E-state index contributed by atoms with van der Waals surface area (Å²) in [6.45, 7) is 3.16. The Balaban J connectivity index is 2.22. The summed E-state index contributed by atoms with van der Waals surface area (Å²) in [6.07, 6.45) is 6.30. The number of benzene rings is 1. The fourth-order valence-corrected chi connectivity index (χ4v) is 2.32. The van der Waals surface area contributed by atoms with E-state index in [4.69, 9.17) is 0 Å². The molecule has 114 valence electrons. The Morgan fingerprint density at radius 3 is 2.86 bits per heavy atom. The van der Waals surface area contributed by atoms with E-state index in [1.807, 2.05) is 0 Å². The van der Waals surface area contributed by atoms with Gasteiger partial charge in [0, 0.05) is 25.6 Å². The number of hydrogen-bond donors (Lipinski definition) is 0. The van der Waals surface area contributed by atoms with Crippen molar-refractivity contribution in [2.45, 2.75) is 39.0 Å². The molecule has 0 atom stereocenters. The first-order valence-corrected chi connectivity index (χ1v) is 7.67. The fourth-order valence-electron chi connectivity index (χ4n) is 2.32. The zero-order chi connectivity index (χ0) is 15.2. The minimum atomic E-state index is -0.405. The summed E-state index contributed by atoms with van der Waals surface area (Å²) in [6, 6.07) is 4.17. The monoisotopic (exact) mass is 290 g/mol. The maximum absolute atomic E-state index is 13.2. The van der Waals surface area contributed by atoms with E-state index < -0.39 is 5.82 Å². The van der Waals surface area contributed by atoms with Crippen molar-refractivity contribution in [3.8, 4) is 0 Å². The third-order valence-electron chi connectivity index (χ3n) is 3.79. The first-order chi connectivity index (χ1) is 10.1. The van der Waals surface area contributed by atoms with Gasteiger partial charge >= 0.3 is 0 Å². The number of aliphatic imine (C=N–C) groups is 1. The van der Waals surface area contributed by atoms with Crippen molar-refractivity contribution in [1.82, 2.24) is 4.90 Å². The second-order valence-corrected chi connectivity index (χ2v) is 5.78. The Bertz CT molecular complexity index is 524. The number of halogens is 1. The highest BCUT2D eigenvalue weighted by molar-refractivity contribution is 5.89. The average molecular weight is 290 g/mol. The number of unbranched alkanes of at least 4 members (excludes halogenated alkanes) is 1. The third-order valence-corrected chi connectivity index (χ3v) is 3.79. The first kappa shape index (κ1) is 15.7. The van der Waals surface area contributed by atoms with Crippen LogP contribution in [0.15, 0.2) is 23.2 Å². The molecule has 3 nitrogen and oxygen atoms in total. The largest absolute Gasteiger partial charge is 0.363 e. The van der Waals surface area contributed by atoms with Gasteiger partial charge in [-0.25, -0.2) is 9.38 Å². The molecule has 4 heteroatoms. The second-order valence-electron chi connectivity index (χ2n) is 5.78. The Morgan fingerprint density at radius 1 is 1.48 bits per heavy atom. The number of rotatable bonds is 7.